The number of anilines is 1. The predicted octanol–water partition coefficient (Wildman–Crippen LogP) is 2.93. The van der Waals surface area contributed by atoms with Crippen LogP contribution >= 0.6 is 0 Å². The minimum atomic E-state index is -2.59. The zero-order valence-corrected chi connectivity index (χ0v) is 17.7. The number of carbonyl (C=O) groups is 1. The van der Waals surface area contributed by atoms with Crippen molar-refractivity contribution in [2.24, 2.45) is 7.05 Å². The van der Waals surface area contributed by atoms with Crippen molar-refractivity contribution in [2.45, 2.75) is 19.9 Å². The van der Waals surface area contributed by atoms with Gasteiger partial charge < -0.3 is 14.5 Å². The van der Waals surface area contributed by atoms with Crippen molar-refractivity contribution in [1.82, 2.24) is 29.3 Å². The molecule has 0 radical (unpaired) electrons. The van der Waals surface area contributed by atoms with Gasteiger partial charge in [0.1, 0.15) is 23.4 Å². The predicted molar refractivity (Wildman–Crippen MR) is 117 cm³/mol. The maximum atomic E-state index is 12.9. The highest BCUT2D eigenvalue weighted by atomic mass is 19.3. The van der Waals surface area contributed by atoms with Gasteiger partial charge in [-0.1, -0.05) is 12.1 Å². The molecule has 0 unspecified atom stereocenters. The molecule has 0 fully saturated rings. The zero-order valence-electron chi connectivity index (χ0n) is 17.7. The van der Waals surface area contributed by atoms with Crippen molar-refractivity contribution in [3.05, 3.63) is 76.7 Å². The van der Waals surface area contributed by atoms with Crippen LogP contribution in [0.25, 0.3) is 22.6 Å². The van der Waals surface area contributed by atoms with Crippen molar-refractivity contribution < 1.29 is 13.6 Å². The largest absolute Gasteiger partial charge is 0.317 e. The van der Waals surface area contributed by atoms with E-state index in [9.17, 15) is 18.4 Å². The third-order valence-corrected chi connectivity index (χ3v) is 4.84. The molecular formula is C22H19F2N7O2. The van der Waals surface area contributed by atoms with E-state index in [0.29, 0.717) is 5.56 Å². The lowest BCUT2D eigenvalue weighted by molar-refractivity contribution is 0.102. The van der Waals surface area contributed by atoms with Gasteiger partial charge in [-0.2, -0.15) is 0 Å². The van der Waals surface area contributed by atoms with Gasteiger partial charge in [-0.15, -0.1) is 10.2 Å². The van der Waals surface area contributed by atoms with Crippen LogP contribution in [0.15, 0.2) is 59.9 Å². The molecule has 0 aliphatic carbocycles. The van der Waals surface area contributed by atoms with E-state index in [1.54, 1.807) is 31.6 Å². The Bertz CT molecular complexity index is 1360. The minimum absolute atomic E-state index is 0.0800. The van der Waals surface area contributed by atoms with Crippen LogP contribution < -0.4 is 10.9 Å². The van der Waals surface area contributed by atoms with Crippen LogP contribution in [0.5, 0.6) is 0 Å². The van der Waals surface area contributed by atoms with Crippen molar-refractivity contribution in [2.75, 3.05) is 5.32 Å². The molecule has 0 saturated carbocycles. The molecule has 0 saturated heterocycles. The number of amides is 1. The summed E-state index contributed by atoms with van der Waals surface area (Å²) in [7, 11) is 1.55. The number of pyridine rings is 3. The second-order valence-electron chi connectivity index (χ2n) is 7.31. The van der Waals surface area contributed by atoms with E-state index in [1.807, 2.05) is 19.1 Å². The molecule has 4 rings (SSSR count). The van der Waals surface area contributed by atoms with Crippen molar-refractivity contribution in [3.8, 4) is 22.6 Å². The number of nitrogens with one attached hydrogen (secondary N) is 1. The fourth-order valence-corrected chi connectivity index (χ4v) is 3.22. The first-order valence-electron chi connectivity index (χ1n) is 9.90. The summed E-state index contributed by atoms with van der Waals surface area (Å²) in [5.41, 5.74) is 1.93. The Morgan fingerprint density at radius 1 is 1.18 bits per heavy atom. The average molecular weight is 451 g/mol. The Hall–Kier alpha value is -4.28. The first-order valence-corrected chi connectivity index (χ1v) is 9.90. The highest BCUT2D eigenvalue weighted by molar-refractivity contribution is 6.04. The molecule has 168 valence electrons. The maximum absolute atomic E-state index is 12.9. The van der Waals surface area contributed by atoms with Crippen LogP contribution in [0.2, 0.25) is 0 Å². The molecule has 0 atom stereocenters. The number of alkyl halides is 2. The Kier molecular flexibility index (Phi) is 6.03. The monoisotopic (exact) mass is 451 g/mol. The molecule has 0 aliphatic heterocycles. The summed E-state index contributed by atoms with van der Waals surface area (Å²) in [6, 6.07) is 9.85. The number of hydrogen-bond acceptors (Lipinski definition) is 6. The molecule has 1 amide bonds. The number of carbonyl (C=O) groups excluding carboxylic acids is 1. The summed E-state index contributed by atoms with van der Waals surface area (Å²) in [6.07, 6.45) is 1.89. The molecule has 4 aromatic heterocycles. The van der Waals surface area contributed by atoms with Gasteiger partial charge >= 0.3 is 0 Å². The third kappa shape index (κ3) is 4.81. The number of aryl methyl sites for hydroxylation is 2. The molecule has 0 aliphatic rings. The van der Waals surface area contributed by atoms with E-state index in [-0.39, 0.29) is 22.9 Å². The van der Waals surface area contributed by atoms with E-state index in [1.165, 1.54) is 27.6 Å². The van der Waals surface area contributed by atoms with Gasteiger partial charge in [-0.25, -0.2) is 13.8 Å². The van der Waals surface area contributed by atoms with Crippen LogP contribution in [0, 0.1) is 6.92 Å². The second kappa shape index (κ2) is 9.07. The SMILES string of the molecule is Cc1ccc(-c2cc(C(=O)Nc3cccc(-c4nncn4CC(F)F)n3)c(=O)n(C)c2)cn1. The van der Waals surface area contributed by atoms with Gasteiger partial charge in [-0.05, 0) is 31.2 Å². The van der Waals surface area contributed by atoms with Gasteiger partial charge in [-0.3, -0.25) is 14.6 Å². The molecule has 11 heteroatoms. The van der Waals surface area contributed by atoms with Crippen LogP contribution in [0.1, 0.15) is 16.1 Å². The highest BCUT2D eigenvalue weighted by Crippen LogP contribution is 2.20. The van der Waals surface area contributed by atoms with Gasteiger partial charge in [0.15, 0.2) is 5.82 Å². The molecule has 33 heavy (non-hydrogen) atoms. The summed E-state index contributed by atoms with van der Waals surface area (Å²) in [5, 5.41) is 10.1. The fourth-order valence-electron chi connectivity index (χ4n) is 3.22. The third-order valence-electron chi connectivity index (χ3n) is 4.84. The lowest BCUT2D eigenvalue weighted by atomic mass is 10.1. The Morgan fingerprint density at radius 2 is 2.00 bits per heavy atom. The standard InChI is InChI=1S/C22H19F2N7O2/c1-13-6-7-14(9-25-13)15-8-16(22(33)30(2)10-15)21(32)28-19-5-3-4-17(27-19)20-29-26-12-31(20)11-18(23)24/h3-10,12,18H,11H2,1-2H3,(H,27,28,32). The Labute approximate surface area is 186 Å². The lowest BCUT2D eigenvalue weighted by Crippen LogP contribution is -2.27. The van der Waals surface area contributed by atoms with Gasteiger partial charge in [0, 0.05) is 36.3 Å². The summed E-state index contributed by atoms with van der Waals surface area (Å²) in [4.78, 5) is 34.1. The van der Waals surface area contributed by atoms with Crippen LogP contribution in [0.3, 0.4) is 0 Å². The van der Waals surface area contributed by atoms with Crippen LogP contribution in [-0.4, -0.2) is 41.6 Å². The van der Waals surface area contributed by atoms with Gasteiger partial charge in [0.25, 0.3) is 17.9 Å². The maximum Gasteiger partial charge on any atom is 0.263 e. The summed E-state index contributed by atoms with van der Waals surface area (Å²) in [5.74, 6) is -0.388. The molecular weight excluding hydrogens is 432 g/mol. The van der Waals surface area contributed by atoms with Gasteiger partial charge in [0.2, 0.25) is 0 Å². The molecule has 0 aromatic carbocycles. The molecule has 0 bridgehead atoms. The first kappa shape index (κ1) is 21.9. The van der Waals surface area contributed by atoms with Crippen molar-refractivity contribution >= 4 is 11.7 Å². The summed E-state index contributed by atoms with van der Waals surface area (Å²) in [6.45, 7) is 1.28. The molecule has 4 heterocycles. The van der Waals surface area contributed by atoms with Crippen LogP contribution in [-0.2, 0) is 13.6 Å². The normalized spacial score (nSPS) is 11.1. The van der Waals surface area contributed by atoms with E-state index in [2.05, 4.69) is 25.5 Å². The number of aromatic nitrogens is 6. The average Bonchev–Trinajstić information content (AvgIpc) is 3.23. The van der Waals surface area contributed by atoms with E-state index >= 15 is 0 Å². The Balaban J connectivity index is 1.63. The first-order chi connectivity index (χ1) is 15.8. The summed E-state index contributed by atoms with van der Waals surface area (Å²) >= 11 is 0. The molecule has 0 spiro atoms. The number of nitrogens with zero attached hydrogens (tertiary/aromatic N) is 6. The molecule has 9 nitrogen and oxygen atoms in total. The van der Waals surface area contributed by atoms with Gasteiger partial charge in [0.05, 0.1) is 6.54 Å². The highest BCUT2D eigenvalue weighted by Gasteiger charge is 2.17. The number of rotatable bonds is 6. The smallest absolute Gasteiger partial charge is 0.263 e. The number of halogens is 2. The minimum Gasteiger partial charge on any atom is -0.317 e. The topological polar surface area (TPSA) is 108 Å². The van der Waals surface area contributed by atoms with Crippen LogP contribution in [0.4, 0.5) is 14.6 Å². The Morgan fingerprint density at radius 3 is 2.73 bits per heavy atom. The van der Waals surface area contributed by atoms with Crippen molar-refractivity contribution in [1.29, 1.82) is 0 Å². The quantitative estimate of drug-likeness (QED) is 0.483. The second-order valence-corrected chi connectivity index (χ2v) is 7.31. The van der Waals surface area contributed by atoms with E-state index in [4.69, 9.17) is 0 Å². The lowest BCUT2D eigenvalue weighted by Gasteiger charge is -2.10. The molecule has 1 N–H and O–H groups in total. The fraction of sp³-hybridized carbons (Fsp3) is 0.182. The zero-order chi connectivity index (χ0) is 23.5. The molecule has 4 aromatic rings. The van der Waals surface area contributed by atoms with E-state index < -0.39 is 24.4 Å². The van der Waals surface area contributed by atoms with Crippen molar-refractivity contribution in [3.63, 3.8) is 0 Å². The van der Waals surface area contributed by atoms with E-state index in [0.717, 1.165) is 11.3 Å². The number of hydrogen-bond donors (Lipinski definition) is 1. The summed E-state index contributed by atoms with van der Waals surface area (Å²) < 4.78 is 28.1.